The molecule has 0 spiro atoms. The highest BCUT2D eigenvalue weighted by Gasteiger charge is 2.25. The number of thiazole rings is 1. The fourth-order valence-electron chi connectivity index (χ4n) is 3.61. The number of terminal acetylenes is 1. The lowest BCUT2D eigenvalue weighted by atomic mass is 10.2. The summed E-state index contributed by atoms with van der Waals surface area (Å²) in [4.78, 5) is 32.7. The molecule has 0 saturated carbocycles. The highest BCUT2D eigenvalue weighted by atomic mass is 32.1. The lowest BCUT2D eigenvalue weighted by Gasteiger charge is -2.19. The second-order valence-electron chi connectivity index (χ2n) is 7.36. The molecule has 3 aromatic rings. The number of pyridine rings is 1. The molecule has 1 aliphatic rings. The van der Waals surface area contributed by atoms with E-state index < -0.39 is 0 Å². The number of rotatable bonds is 5. The van der Waals surface area contributed by atoms with Gasteiger partial charge in [-0.15, -0.1) is 17.8 Å². The van der Waals surface area contributed by atoms with E-state index in [0.29, 0.717) is 11.6 Å². The smallest absolute Gasteiger partial charge is 0.217 e. The molecule has 0 bridgehead atoms. The molecular weight excluding hydrogens is 398 g/mol. The lowest BCUT2D eigenvalue weighted by Crippen LogP contribution is -2.35. The topological polar surface area (TPSA) is 95.9 Å². The van der Waals surface area contributed by atoms with Crippen molar-refractivity contribution in [2.45, 2.75) is 39.3 Å². The van der Waals surface area contributed by atoms with Crippen molar-refractivity contribution in [3.63, 3.8) is 0 Å². The molecule has 0 unspecified atom stereocenters. The van der Waals surface area contributed by atoms with Crippen molar-refractivity contribution in [2.75, 3.05) is 23.3 Å². The Morgan fingerprint density at radius 1 is 1.33 bits per heavy atom. The van der Waals surface area contributed by atoms with Gasteiger partial charge in [0.25, 0.3) is 0 Å². The van der Waals surface area contributed by atoms with Gasteiger partial charge in [-0.3, -0.25) is 4.79 Å². The number of fused-ring (bicyclic) bond motifs is 1. The van der Waals surface area contributed by atoms with Crippen LogP contribution in [-0.2, 0) is 4.79 Å². The number of carbonyl (C=O) groups excluding carboxylic acids is 1. The summed E-state index contributed by atoms with van der Waals surface area (Å²) in [5.74, 6) is 4.88. The third kappa shape index (κ3) is 4.19. The quantitative estimate of drug-likeness (QED) is 0.611. The Labute approximate surface area is 179 Å². The van der Waals surface area contributed by atoms with Crippen LogP contribution in [0.15, 0.2) is 18.5 Å². The number of anilines is 2. The van der Waals surface area contributed by atoms with E-state index >= 15 is 0 Å². The predicted octanol–water partition coefficient (Wildman–Crippen LogP) is 2.60. The maximum absolute atomic E-state index is 11.4. The first kappa shape index (κ1) is 20.0. The molecule has 4 rings (SSSR count). The third-order valence-corrected chi connectivity index (χ3v) is 5.91. The second kappa shape index (κ2) is 8.24. The summed E-state index contributed by atoms with van der Waals surface area (Å²) in [5.41, 5.74) is 0.748. The largest absolute Gasteiger partial charge is 0.354 e. The Bertz CT molecular complexity index is 1140. The number of aromatic nitrogens is 4. The molecule has 4 heterocycles. The highest BCUT2D eigenvalue weighted by Crippen LogP contribution is 2.29. The van der Waals surface area contributed by atoms with Crippen LogP contribution in [0.4, 0.5) is 11.6 Å². The maximum Gasteiger partial charge on any atom is 0.217 e. The predicted molar refractivity (Wildman–Crippen MR) is 119 cm³/mol. The maximum atomic E-state index is 11.4. The van der Waals surface area contributed by atoms with Crippen LogP contribution in [0, 0.1) is 26.2 Å². The summed E-state index contributed by atoms with van der Waals surface area (Å²) in [6, 6.07) is 1.73. The molecular formula is C21H23N7OS. The molecule has 1 aliphatic heterocycles. The van der Waals surface area contributed by atoms with Crippen molar-refractivity contribution >= 4 is 39.8 Å². The summed E-state index contributed by atoms with van der Waals surface area (Å²) in [6.07, 6.45) is 10.2. The van der Waals surface area contributed by atoms with Gasteiger partial charge >= 0.3 is 0 Å². The van der Waals surface area contributed by atoms with Gasteiger partial charge in [0.15, 0.2) is 0 Å². The normalized spacial score (nSPS) is 17.0. The average molecular weight is 422 g/mol. The molecule has 0 radical (unpaired) electrons. The zero-order valence-corrected chi connectivity index (χ0v) is 18.0. The van der Waals surface area contributed by atoms with Crippen LogP contribution < -0.4 is 15.5 Å². The van der Waals surface area contributed by atoms with E-state index in [0.717, 1.165) is 46.1 Å². The number of hydrogen-bond donors (Lipinski definition) is 2. The van der Waals surface area contributed by atoms with Gasteiger partial charge in [-0.25, -0.2) is 19.9 Å². The van der Waals surface area contributed by atoms with E-state index in [4.69, 9.17) is 6.42 Å². The van der Waals surface area contributed by atoms with Gasteiger partial charge in [-0.2, -0.15) is 0 Å². The minimum atomic E-state index is -0.381. The fourth-order valence-corrected chi connectivity index (χ4v) is 4.40. The van der Waals surface area contributed by atoms with Crippen LogP contribution >= 0.6 is 11.3 Å². The van der Waals surface area contributed by atoms with Crippen LogP contribution in [0.1, 0.15) is 35.1 Å². The number of nitrogens with one attached hydrogen (secondary N) is 2. The zero-order valence-electron chi connectivity index (χ0n) is 17.1. The van der Waals surface area contributed by atoms with Gasteiger partial charge in [0.05, 0.1) is 11.7 Å². The van der Waals surface area contributed by atoms with Gasteiger partial charge in [0.1, 0.15) is 28.5 Å². The van der Waals surface area contributed by atoms with Crippen LogP contribution in [0.2, 0.25) is 0 Å². The standard InChI is InChI=1S/C21H23N7OS/c1-5-17(21-23-9-12(2)30-21)27-20-16-8-19(22-10-18(16)24-13(3)25-20)28-7-6-15(11-28)26-14(4)29/h1,8-10,15,17H,6-7,11H2,2-4H3,(H,26,29)(H,24,25,27)/t15-,17-/m1/s1. The number of amides is 1. The SMILES string of the molecule is C#C[C@@H](Nc1nc(C)nc2cnc(N3CC[C@@H](NC(C)=O)C3)cc12)c1ncc(C)s1. The zero-order chi connectivity index (χ0) is 21.3. The Hall–Kier alpha value is -3.25. The second-order valence-corrected chi connectivity index (χ2v) is 8.63. The third-order valence-electron chi connectivity index (χ3n) is 4.93. The first-order chi connectivity index (χ1) is 14.4. The molecule has 3 aromatic heterocycles. The van der Waals surface area contributed by atoms with Crippen LogP contribution in [0.25, 0.3) is 10.9 Å². The van der Waals surface area contributed by atoms with Crippen molar-refractivity contribution in [1.82, 2.24) is 25.3 Å². The molecule has 2 atom stereocenters. The fraction of sp³-hybridized carbons (Fsp3) is 0.381. The monoisotopic (exact) mass is 421 g/mol. The van der Waals surface area contributed by atoms with Gasteiger partial charge in [-0.05, 0) is 26.3 Å². The Kier molecular flexibility index (Phi) is 5.50. The van der Waals surface area contributed by atoms with Gasteiger partial charge < -0.3 is 15.5 Å². The molecule has 1 amide bonds. The summed E-state index contributed by atoms with van der Waals surface area (Å²) in [5, 5.41) is 8.00. The summed E-state index contributed by atoms with van der Waals surface area (Å²) in [7, 11) is 0. The van der Waals surface area contributed by atoms with E-state index in [1.807, 2.05) is 26.1 Å². The minimum Gasteiger partial charge on any atom is -0.354 e. The number of aryl methyl sites for hydroxylation is 2. The molecule has 154 valence electrons. The molecule has 2 N–H and O–H groups in total. The first-order valence-electron chi connectivity index (χ1n) is 9.74. The number of hydrogen-bond acceptors (Lipinski definition) is 8. The minimum absolute atomic E-state index is 0.0126. The van der Waals surface area contributed by atoms with Crippen molar-refractivity contribution in [3.05, 3.63) is 34.2 Å². The van der Waals surface area contributed by atoms with Crippen molar-refractivity contribution in [2.24, 2.45) is 0 Å². The van der Waals surface area contributed by atoms with Gasteiger partial charge in [0, 0.05) is 42.5 Å². The Morgan fingerprint density at radius 3 is 2.87 bits per heavy atom. The van der Waals surface area contributed by atoms with Crippen molar-refractivity contribution in [3.8, 4) is 12.3 Å². The van der Waals surface area contributed by atoms with Crippen molar-refractivity contribution < 1.29 is 4.79 Å². The van der Waals surface area contributed by atoms with E-state index in [1.165, 1.54) is 0 Å². The lowest BCUT2D eigenvalue weighted by molar-refractivity contribution is -0.119. The van der Waals surface area contributed by atoms with Gasteiger partial charge in [-0.1, -0.05) is 5.92 Å². The molecule has 1 fully saturated rings. The van der Waals surface area contributed by atoms with E-state index in [-0.39, 0.29) is 18.0 Å². The number of nitrogens with zero attached hydrogens (tertiary/aromatic N) is 5. The first-order valence-corrected chi connectivity index (χ1v) is 10.6. The molecule has 1 saturated heterocycles. The van der Waals surface area contributed by atoms with E-state index in [2.05, 4.69) is 41.4 Å². The highest BCUT2D eigenvalue weighted by molar-refractivity contribution is 7.11. The van der Waals surface area contributed by atoms with E-state index in [1.54, 1.807) is 24.5 Å². The van der Waals surface area contributed by atoms with Crippen LogP contribution in [0.3, 0.4) is 0 Å². The summed E-state index contributed by atoms with van der Waals surface area (Å²) >= 11 is 1.56. The Morgan fingerprint density at radius 2 is 2.17 bits per heavy atom. The average Bonchev–Trinajstić information content (AvgIpc) is 3.34. The molecule has 8 nitrogen and oxygen atoms in total. The Balaban J connectivity index is 1.65. The molecule has 0 aliphatic carbocycles. The molecule has 0 aromatic carbocycles. The van der Waals surface area contributed by atoms with Crippen LogP contribution in [0.5, 0.6) is 0 Å². The molecule has 9 heteroatoms. The summed E-state index contributed by atoms with van der Waals surface area (Å²) < 4.78 is 0. The van der Waals surface area contributed by atoms with Crippen molar-refractivity contribution in [1.29, 1.82) is 0 Å². The summed E-state index contributed by atoms with van der Waals surface area (Å²) in [6.45, 7) is 6.93. The molecule has 30 heavy (non-hydrogen) atoms. The van der Waals surface area contributed by atoms with Gasteiger partial charge in [0.2, 0.25) is 5.91 Å². The van der Waals surface area contributed by atoms with Crippen LogP contribution in [-0.4, -0.2) is 45.0 Å². The number of carbonyl (C=O) groups is 1. The van der Waals surface area contributed by atoms with E-state index in [9.17, 15) is 4.79 Å².